The van der Waals surface area contributed by atoms with E-state index in [0.29, 0.717) is 6.04 Å². The Balaban J connectivity index is 2.24. The Labute approximate surface area is 102 Å². The molecule has 3 heteroatoms. The molecule has 1 aromatic heterocycles. The van der Waals surface area contributed by atoms with Gasteiger partial charge >= 0.3 is 0 Å². The maximum atomic E-state index is 5.80. The molecule has 0 saturated heterocycles. The quantitative estimate of drug-likeness (QED) is 0.847. The molecular formula is C14H19N3. The van der Waals surface area contributed by atoms with E-state index in [1.807, 2.05) is 31.3 Å². The van der Waals surface area contributed by atoms with Crippen molar-refractivity contribution < 1.29 is 0 Å². The number of nitrogens with zero attached hydrogens (tertiary/aromatic N) is 1. The lowest BCUT2D eigenvalue weighted by atomic mass is 10.1. The highest BCUT2D eigenvalue weighted by molar-refractivity contribution is 5.91. The van der Waals surface area contributed by atoms with Gasteiger partial charge in [-0.2, -0.15) is 0 Å². The van der Waals surface area contributed by atoms with Crippen molar-refractivity contribution in [2.75, 3.05) is 5.32 Å². The van der Waals surface area contributed by atoms with Crippen molar-refractivity contribution in [3.8, 4) is 0 Å². The van der Waals surface area contributed by atoms with E-state index < -0.39 is 0 Å². The Morgan fingerprint density at radius 3 is 2.76 bits per heavy atom. The van der Waals surface area contributed by atoms with Gasteiger partial charge in [-0.05, 0) is 31.7 Å². The van der Waals surface area contributed by atoms with Crippen LogP contribution in [0.2, 0.25) is 0 Å². The summed E-state index contributed by atoms with van der Waals surface area (Å²) in [4.78, 5) is 4.40. The van der Waals surface area contributed by atoms with Gasteiger partial charge in [-0.25, -0.2) is 4.98 Å². The molecule has 0 spiro atoms. The summed E-state index contributed by atoms with van der Waals surface area (Å²) in [6.07, 6.45) is 2.77. The smallest absolute Gasteiger partial charge is 0.134 e. The highest BCUT2D eigenvalue weighted by Crippen LogP contribution is 2.21. The summed E-state index contributed by atoms with van der Waals surface area (Å²) >= 11 is 0. The van der Waals surface area contributed by atoms with Crippen LogP contribution in [0.5, 0.6) is 0 Å². The highest BCUT2D eigenvalue weighted by Gasteiger charge is 2.07. The van der Waals surface area contributed by atoms with Crippen LogP contribution in [-0.2, 0) is 0 Å². The van der Waals surface area contributed by atoms with Gasteiger partial charge in [-0.15, -0.1) is 0 Å². The molecule has 2 rings (SSSR count). The number of nitrogens with two attached hydrogens (primary N) is 1. The third-order valence-electron chi connectivity index (χ3n) is 2.78. The van der Waals surface area contributed by atoms with E-state index in [1.54, 1.807) is 0 Å². The van der Waals surface area contributed by atoms with Gasteiger partial charge in [0.2, 0.25) is 0 Å². The Bertz CT molecular complexity index is 488. The summed E-state index contributed by atoms with van der Waals surface area (Å²) in [6, 6.07) is 10.8. The molecule has 0 aliphatic rings. The molecule has 1 aromatic carbocycles. The number of aromatic nitrogens is 1. The van der Waals surface area contributed by atoms with Crippen LogP contribution in [0.25, 0.3) is 10.8 Å². The second-order valence-electron chi connectivity index (χ2n) is 4.64. The first-order valence-corrected chi connectivity index (χ1v) is 6.02. The zero-order valence-electron chi connectivity index (χ0n) is 10.4. The van der Waals surface area contributed by atoms with Crippen molar-refractivity contribution in [3.63, 3.8) is 0 Å². The Kier molecular flexibility index (Phi) is 3.59. The van der Waals surface area contributed by atoms with Crippen LogP contribution in [0.1, 0.15) is 20.3 Å². The van der Waals surface area contributed by atoms with Gasteiger partial charge in [-0.3, -0.25) is 0 Å². The van der Waals surface area contributed by atoms with Gasteiger partial charge in [-0.1, -0.05) is 24.3 Å². The molecular weight excluding hydrogens is 210 g/mol. The average Bonchev–Trinajstić information content (AvgIpc) is 2.28. The molecule has 2 aromatic rings. The van der Waals surface area contributed by atoms with Crippen LogP contribution < -0.4 is 11.1 Å². The molecule has 17 heavy (non-hydrogen) atoms. The van der Waals surface area contributed by atoms with Crippen molar-refractivity contribution in [1.29, 1.82) is 0 Å². The Hall–Kier alpha value is -1.61. The molecule has 0 radical (unpaired) electrons. The van der Waals surface area contributed by atoms with Gasteiger partial charge in [0.25, 0.3) is 0 Å². The lowest BCUT2D eigenvalue weighted by molar-refractivity contribution is 0.604. The molecule has 2 atom stereocenters. The molecule has 0 aliphatic heterocycles. The minimum atomic E-state index is 0.201. The van der Waals surface area contributed by atoms with Crippen molar-refractivity contribution >= 4 is 16.6 Å². The molecule has 1 heterocycles. The standard InChI is InChI=1S/C14H19N3/c1-10(15)9-11(2)17-14-13-6-4-3-5-12(13)7-8-16-14/h3-8,10-11H,9,15H2,1-2H3,(H,16,17). The van der Waals surface area contributed by atoms with Crippen molar-refractivity contribution in [2.45, 2.75) is 32.4 Å². The fourth-order valence-electron chi connectivity index (χ4n) is 2.08. The maximum Gasteiger partial charge on any atom is 0.134 e. The maximum absolute atomic E-state index is 5.80. The third-order valence-corrected chi connectivity index (χ3v) is 2.78. The van der Waals surface area contributed by atoms with Crippen LogP contribution in [0, 0.1) is 0 Å². The lowest BCUT2D eigenvalue weighted by Gasteiger charge is -2.17. The molecule has 2 unspecified atom stereocenters. The fraction of sp³-hybridized carbons (Fsp3) is 0.357. The number of benzene rings is 1. The zero-order valence-corrected chi connectivity index (χ0v) is 10.4. The predicted molar refractivity (Wildman–Crippen MR) is 73.1 cm³/mol. The van der Waals surface area contributed by atoms with E-state index >= 15 is 0 Å². The van der Waals surface area contributed by atoms with Crippen LogP contribution in [0.15, 0.2) is 36.5 Å². The molecule has 0 saturated carbocycles. The molecule has 0 aliphatic carbocycles. The zero-order chi connectivity index (χ0) is 12.3. The van der Waals surface area contributed by atoms with Gasteiger partial charge in [0, 0.05) is 23.7 Å². The first-order valence-electron chi connectivity index (χ1n) is 6.02. The van der Waals surface area contributed by atoms with Crippen molar-refractivity contribution in [1.82, 2.24) is 4.98 Å². The Morgan fingerprint density at radius 2 is 2.00 bits per heavy atom. The molecule has 0 bridgehead atoms. The van der Waals surface area contributed by atoms with E-state index in [9.17, 15) is 0 Å². The monoisotopic (exact) mass is 229 g/mol. The van der Waals surface area contributed by atoms with E-state index in [0.717, 1.165) is 17.6 Å². The summed E-state index contributed by atoms with van der Waals surface area (Å²) in [7, 11) is 0. The summed E-state index contributed by atoms with van der Waals surface area (Å²) in [5.41, 5.74) is 5.80. The number of pyridine rings is 1. The van der Waals surface area contributed by atoms with Crippen LogP contribution in [-0.4, -0.2) is 17.1 Å². The number of hydrogen-bond acceptors (Lipinski definition) is 3. The van der Waals surface area contributed by atoms with Gasteiger partial charge in [0.15, 0.2) is 0 Å². The largest absolute Gasteiger partial charge is 0.367 e. The molecule has 0 amide bonds. The molecule has 3 N–H and O–H groups in total. The summed E-state index contributed by atoms with van der Waals surface area (Å²) in [5, 5.41) is 5.79. The predicted octanol–water partition coefficient (Wildman–Crippen LogP) is 2.77. The van der Waals surface area contributed by atoms with E-state index in [1.165, 1.54) is 5.39 Å². The number of anilines is 1. The average molecular weight is 229 g/mol. The van der Waals surface area contributed by atoms with E-state index in [4.69, 9.17) is 5.73 Å². The summed E-state index contributed by atoms with van der Waals surface area (Å²) in [6.45, 7) is 4.15. The third kappa shape index (κ3) is 2.94. The van der Waals surface area contributed by atoms with Crippen LogP contribution >= 0.6 is 0 Å². The lowest BCUT2D eigenvalue weighted by Crippen LogP contribution is -2.26. The summed E-state index contributed by atoms with van der Waals surface area (Å²) < 4.78 is 0. The van der Waals surface area contributed by atoms with Crippen LogP contribution in [0.3, 0.4) is 0 Å². The second kappa shape index (κ2) is 5.15. The number of nitrogens with one attached hydrogen (secondary N) is 1. The van der Waals surface area contributed by atoms with Gasteiger partial charge in [0.1, 0.15) is 5.82 Å². The number of rotatable bonds is 4. The van der Waals surface area contributed by atoms with Gasteiger partial charge < -0.3 is 11.1 Å². The normalized spacial score (nSPS) is 14.5. The number of hydrogen-bond donors (Lipinski definition) is 2. The van der Waals surface area contributed by atoms with Gasteiger partial charge in [0.05, 0.1) is 0 Å². The van der Waals surface area contributed by atoms with Crippen molar-refractivity contribution in [3.05, 3.63) is 36.5 Å². The molecule has 3 nitrogen and oxygen atoms in total. The van der Waals surface area contributed by atoms with Crippen molar-refractivity contribution in [2.24, 2.45) is 5.73 Å². The number of fused-ring (bicyclic) bond motifs is 1. The fourth-order valence-corrected chi connectivity index (χ4v) is 2.08. The topological polar surface area (TPSA) is 50.9 Å². The SMILES string of the molecule is CC(N)CC(C)Nc1nccc2ccccc12. The first kappa shape index (κ1) is 11.9. The minimum absolute atomic E-state index is 0.201. The second-order valence-corrected chi connectivity index (χ2v) is 4.64. The van der Waals surface area contributed by atoms with E-state index in [-0.39, 0.29) is 6.04 Å². The minimum Gasteiger partial charge on any atom is -0.367 e. The van der Waals surface area contributed by atoms with Crippen LogP contribution in [0.4, 0.5) is 5.82 Å². The summed E-state index contributed by atoms with van der Waals surface area (Å²) in [5.74, 6) is 0.941. The van der Waals surface area contributed by atoms with E-state index in [2.05, 4.69) is 29.4 Å². The first-order chi connectivity index (χ1) is 8.16. The molecule has 0 fully saturated rings. The highest BCUT2D eigenvalue weighted by atomic mass is 15.0. The molecule has 90 valence electrons. The Morgan fingerprint density at radius 1 is 1.24 bits per heavy atom.